The van der Waals surface area contributed by atoms with E-state index in [1.54, 1.807) is 24.3 Å². The van der Waals surface area contributed by atoms with E-state index in [1.165, 1.54) is 17.6 Å². The number of morpholine rings is 1. The Morgan fingerprint density at radius 3 is 2.29 bits per heavy atom. The van der Waals surface area contributed by atoms with Gasteiger partial charge in [-0.05, 0) is 54.6 Å². The molecule has 144 valence electrons. The highest BCUT2D eigenvalue weighted by molar-refractivity contribution is 6.06. The molecule has 2 N–H and O–H groups in total. The predicted molar refractivity (Wildman–Crippen MR) is 106 cm³/mol. The van der Waals surface area contributed by atoms with E-state index < -0.39 is 5.91 Å². The van der Waals surface area contributed by atoms with Crippen molar-refractivity contribution in [1.29, 1.82) is 0 Å². The van der Waals surface area contributed by atoms with Crippen LogP contribution >= 0.6 is 0 Å². The van der Waals surface area contributed by atoms with Crippen molar-refractivity contribution in [3.63, 3.8) is 0 Å². The van der Waals surface area contributed by atoms with E-state index in [-0.39, 0.29) is 5.78 Å². The minimum Gasteiger partial charge on any atom is -0.378 e. The Morgan fingerprint density at radius 2 is 1.64 bits per heavy atom. The Hall–Kier alpha value is -3.29. The fourth-order valence-corrected chi connectivity index (χ4v) is 2.77. The summed E-state index contributed by atoms with van der Waals surface area (Å²) in [5.41, 5.74) is 4.32. The summed E-state index contributed by atoms with van der Waals surface area (Å²) in [6, 6.07) is 12.8. The number of benzene rings is 1. The van der Waals surface area contributed by atoms with Crippen LogP contribution in [0.25, 0.3) is 12.2 Å². The number of nitrogens with zero attached hydrogens (tertiary/aromatic N) is 2. The van der Waals surface area contributed by atoms with Crippen molar-refractivity contribution in [3.8, 4) is 0 Å². The summed E-state index contributed by atoms with van der Waals surface area (Å²) in [7, 11) is 0. The van der Waals surface area contributed by atoms with Crippen molar-refractivity contribution in [1.82, 2.24) is 10.5 Å². The lowest BCUT2D eigenvalue weighted by Crippen LogP contribution is -2.36. The summed E-state index contributed by atoms with van der Waals surface area (Å²) >= 11 is 0. The zero-order valence-corrected chi connectivity index (χ0v) is 15.2. The predicted octanol–water partition coefficient (Wildman–Crippen LogP) is 2.33. The van der Waals surface area contributed by atoms with Crippen LogP contribution in [0.5, 0.6) is 0 Å². The van der Waals surface area contributed by atoms with Crippen LogP contribution in [0.15, 0.2) is 54.6 Å². The molecule has 2 aromatic rings. The van der Waals surface area contributed by atoms with Crippen LogP contribution in [-0.2, 0) is 9.53 Å². The van der Waals surface area contributed by atoms with Crippen LogP contribution in [0.2, 0.25) is 0 Å². The number of aromatic nitrogens is 1. The van der Waals surface area contributed by atoms with Gasteiger partial charge in [0.05, 0.1) is 24.6 Å². The lowest BCUT2D eigenvalue weighted by Gasteiger charge is -2.28. The zero-order chi connectivity index (χ0) is 19.8. The van der Waals surface area contributed by atoms with Crippen molar-refractivity contribution in [2.75, 3.05) is 31.2 Å². The first-order valence-corrected chi connectivity index (χ1v) is 8.90. The highest BCUT2D eigenvalue weighted by Gasteiger charge is 2.11. The van der Waals surface area contributed by atoms with E-state index in [0.717, 1.165) is 38.1 Å². The van der Waals surface area contributed by atoms with Gasteiger partial charge in [0.1, 0.15) is 0 Å². The molecule has 1 aromatic heterocycles. The molecule has 0 aliphatic carbocycles. The molecule has 0 bridgehead atoms. The van der Waals surface area contributed by atoms with Crippen LogP contribution < -0.4 is 10.4 Å². The number of carbonyl (C=O) groups excluding carboxylic acids is 2. The second kappa shape index (κ2) is 9.59. The average Bonchev–Trinajstić information content (AvgIpc) is 2.76. The summed E-state index contributed by atoms with van der Waals surface area (Å²) in [5, 5.41) is 8.48. The number of hydroxylamine groups is 1. The SMILES string of the molecule is O=C(C=Cc1cccc(C=CC(=O)c2ccc(N3CCOCC3)cc2)n1)NO. The van der Waals surface area contributed by atoms with Gasteiger partial charge in [0.25, 0.3) is 5.91 Å². The van der Waals surface area contributed by atoms with Gasteiger partial charge < -0.3 is 9.64 Å². The van der Waals surface area contributed by atoms with Crippen LogP contribution in [-0.4, -0.2) is 48.2 Å². The number of hydrogen-bond donors (Lipinski definition) is 2. The first-order valence-electron chi connectivity index (χ1n) is 8.90. The van der Waals surface area contributed by atoms with Crippen molar-refractivity contribution < 1.29 is 19.5 Å². The fourth-order valence-electron chi connectivity index (χ4n) is 2.77. The number of pyridine rings is 1. The van der Waals surface area contributed by atoms with Crippen molar-refractivity contribution >= 4 is 29.5 Å². The van der Waals surface area contributed by atoms with E-state index in [4.69, 9.17) is 9.94 Å². The van der Waals surface area contributed by atoms with Gasteiger partial charge in [0.2, 0.25) is 0 Å². The van der Waals surface area contributed by atoms with Gasteiger partial charge in [-0.15, -0.1) is 0 Å². The van der Waals surface area contributed by atoms with Gasteiger partial charge in [-0.1, -0.05) is 6.07 Å². The van der Waals surface area contributed by atoms with Crippen LogP contribution in [0, 0.1) is 0 Å². The molecule has 0 atom stereocenters. The third kappa shape index (κ3) is 5.35. The van der Waals surface area contributed by atoms with Crippen molar-refractivity contribution in [2.45, 2.75) is 0 Å². The molecule has 28 heavy (non-hydrogen) atoms. The summed E-state index contributed by atoms with van der Waals surface area (Å²) in [4.78, 5) is 30.0. The summed E-state index contributed by atoms with van der Waals surface area (Å²) in [5.74, 6) is -0.755. The van der Waals surface area contributed by atoms with Gasteiger partial charge in [0, 0.05) is 30.4 Å². The van der Waals surface area contributed by atoms with E-state index >= 15 is 0 Å². The first kappa shape index (κ1) is 19.5. The Kier molecular flexibility index (Phi) is 6.67. The quantitative estimate of drug-likeness (QED) is 0.346. The van der Waals surface area contributed by atoms with Crippen molar-refractivity contribution in [3.05, 3.63) is 71.6 Å². The maximum atomic E-state index is 12.4. The Labute approximate surface area is 162 Å². The Morgan fingerprint density at radius 1 is 1.00 bits per heavy atom. The molecule has 7 nitrogen and oxygen atoms in total. The maximum absolute atomic E-state index is 12.4. The molecule has 1 aliphatic rings. The second-order valence-electron chi connectivity index (χ2n) is 6.14. The first-order chi connectivity index (χ1) is 13.7. The molecule has 1 aromatic carbocycles. The monoisotopic (exact) mass is 379 g/mol. The van der Waals surface area contributed by atoms with Crippen LogP contribution in [0.3, 0.4) is 0 Å². The molecule has 0 radical (unpaired) electrons. The van der Waals surface area contributed by atoms with E-state index in [0.29, 0.717) is 17.0 Å². The Bertz CT molecular complexity index is 885. The topological polar surface area (TPSA) is 91.8 Å². The molecule has 1 fully saturated rings. The molecule has 1 amide bonds. The summed E-state index contributed by atoms with van der Waals surface area (Å²) in [6.45, 7) is 3.14. The summed E-state index contributed by atoms with van der Waals surface area (Å²) in [6.07, 6.45) is 5.73. The van der Waals surface area contributed by atoms with Crippen molar-refractivity contribution in [2.24, 2.45) is 0 Å². The molecular weight excluding hydrogens is 358 g/mol. The number of anilines is 1. The lowest BCUT2D eigenvalue weighted by molar-refractivity contribution is -0.124. The normalized spacial score (nSPS) is 14.5. The van der Waals surface area contributed by atoms with Crippen LogP contribution in [0.1, 0.15) is 21.7 Å². The minimum absolute atomic E-state index is 0.115. The van der Waals surface area contributed by atoms with E-state index in [2.05, 4.69) is 9.88 Å². The largest absolute Gasteiger partial charge is 0.378 e. The number of allylic oxidation sites excluding steroid dienone is 1. The number of ether oxygens (including phenoxy) is 1. The number of ketones is 1. The second-order valence-corrected chi connectivity index (χ2v) is 6.14. The number of hydrogen-bond acceptors (Lipinski definition) is 6. The molecular formula is C21H21N3O4. The lowest BCUT2D eigenvalue weighted by atomic mass is 10.1. The number of nitrogens with one attached hydrogen (secondary N) is 1. The maximum Gasteiger partial charge on any atom is 0.267 e. The molecule has 2 heterocycles. The highest BCUT2D eigenvalue weighted by atomic mass is 16.5. The minimum atomic E-state index is -0.640. The fraction of sp³-hybridized carbons (Fsp3) is 0.190. The van der Waals surface area contributed by atoms with Gasteiger partial charge in [-0.25, -0.2) is 10.5 Å². The van der Waals surface area contributed by atoms with Crippen LogP contribution in [0.4, 0.5) is 5.69 Å². The average molecular weight is 379 g/mol. The molecule has 3 rings (SSSR count). The standard InChI is InChI=1S/C21H21N3O4/c25-20(16-4-8-19(9-5-16)24-12-14-28-15-13-24)10-6-17-2-1-3-18(22-17)7-11-21(26)23-27/h1-11,27H,12-15H2,(H,23,26). The summed E-state index contributed by atoms with van der Waals surface area (Å²) < 4.78 is 5.35. The smallest absolute Gasteiger partial charge is 0.267 e. The molecule has 0 spiro atoms. The number of amides is 1. The highest BCUT2D eigenvalue weighted by Crippen LogP contribution is 2.17. The third-order valence-corrected chi connectivity index (χ3v) is 4.24. The molecule has 1 aliphatic heterocycles. The number of carbonyl (C=O) groups is 2. The van der Waals surface area contributed by atoms with Gasteiger partial charge >= 0.3 is 0 Å². The molecule has 0 saturated carbocycles. The molecule has 1 saturated heterocycles. The van der Waals surface area contributed by atoms with Gasteiger partial charge in [0.15, 0.2) is 5.78 Å². The van der Waals surface area contributed by atoms with Gasteiger partial charge in [-0.2, -0.15) is 0 Å². The van der Waals surface area contributed by atoms with E-state index in [9.17, 15) is 9.59 Å². The third-order valence-electron chi connectivity index (χ3n) is 4.24. The molecule has 7 heteroatoms. The van der Waals surface area contributed by atoms with Gasteiger partial charge in [-0.3, -0.25) is 14.8 Å². The van der Waals surface area contributed by atoms with E-state index in [1.807, 2.05) is 24.3 Å². The number of rotatable bonds is 6. The molecule has 0 unspecified atom stereocenters. The Balaban J connectivity index is 1.64. The zero-order valence-electron chi connectivity index (χ0n) is 15.2.